The SMILES string of the molecule is CNCCN(C)C(=O)c1cccnc1Oc1ccc(Br)cc1.Cl.Cl. The number of hydrogen-bond acceptors (Lipinski definition) is 4. The van der Waals surface area contributed by atoms with Crippen molar-refractivity contribution in [1.29, 1.82) is 0 Å². The summed E-state index contributed by atoms with van der Waals surface area (Å²) < 4.78 is 6.71. The molecule has 1 aromatic carbocycles. The van der Waals surface area contributed by atoms with Crippen LogP contribution in [-0.2, 0) is 0 Å². The van der Waals surface area contributed by atoms with Crippen LogP contribution >= 0.6 is 40.7 Å². The summed E-state index contributed by atoms with van der Waals surface area (Å²) in [6.45, 7) is 1.34. The van der Waals surface area contributed by atoms with Crippen molar-refractivity contribution in [2.45, 2.75) is 0 Å². The third-order valence-electron chi connectivity index (χ3n) is 3.07. The normalized spacial score (nSPS) is 9.46. The lowest BCUT2D eigenvalue weighted by atomic mass is 10.2. The fourth-order valence-electron chi connectivity index (χ4n) is 1.84. The van der Waals surface area contributed by atoms with E-state index in [0.29, 0.717) is 23.7 Å². The molecule has 132 valence electrons. The van der Waals surface area contributed by atoms with Gasteiger partial charge in [0.25, 0.3) is 5.91 Å². The van der Waals surface area contributed by atoms with Gasteiger partial charge < -0.3 is 15.0 Å². The maximum Gasteiger partial charge on any atom is 0.259 e. The Morgan fingerprint density at radius 1 is 1.25 bits per heavy atom. The van der Waals surface area contributed by atoms with Gasteiger partial charge in [-0.25, -0.2) is 4.98 Å². The second-order valence-corrected chi connectivity index (χ2v) is 5.66. The lowest BCUT2D eigenvalue weighted by Crippen LogP contribution is -2.33. The highest BCUT2D eigenvalue weighted by Gasteiger charge is 2.17. The zero-order valence-corrected chi connectivity index (χ0v) is 16.6. The number of carbonyl (C=O) groups excluding carboxylic acids is 1. The minimum atomic E-state index is -0.115. The first-order valence-corrected chi connectivity index (χ1v) is 7.69. The van der Waals surface area contributed by atoms with Gasteiger partial charge in [0, 0.05) is 30.8 Å². The molecule has 0 radical (unpaired) electrons. The van der Waals surface area contributed by atoms with Crippen molar-refractivity contribution in [3.8, 4) is 11.6 Å². The second kappa shape index (κ2) is 11.3. The molecule has 0 aliphatic heterocycles. The van der Waals surface area contributed by atoms with Gasteiger partial charge in [0.2, 0.25) is 5.88 Å². The predicted octanol–water partition coefficient (Wildman–Crippen LogP) is 3.77. The molecule has 0 atom stereocenters. The van der Waals surface area contributed by atoms with Gasteiger partial charge in [-0.3, -0.25) is 4.79 Å². The lowest BCUT2D eigenvalue weighted by Gasteiger charge is -2.18. The Hall–Kier alpha value is -1.34. The van der Waals surface area contributed by atoms with E-state index in [4.69, 9.17) is 4.74 Å². The van der Waals surface area contributed by atoms with Crippen molar-refractivity contribution in [2.75, 3.05) is 27.2 Å². The summed E-state index contributed by atoms with van der Waals surface area (Å²) in [5.74, 6) is 0.829. The van der Waals surface area contributed by atoms with E-state index in [0.717, 1.165) is 11.0 Å². The Morgan fingerprint density at radius 2 is 1.92 bits per heavy atom. The van der Waals surface area contributed by atoms with Crippen LogP contribution in [0.1, 0.15) is 10.4 Å². The lowest BCUT2D eigenvalue weighted by molar-refractivity contribution is 0.0793. The Bertz CT molecular complexity index is 641. The largest absolute Gasteiger partial charge is 0.438 e. The van der Waals surface area contributed by atoms with E-state index in [9.17, 15) is 4.79 Å². The average molecular weight is 437 g/mol. The molecule has 1 N–H and O–H groups in total. The Kier molecular flexibility index (Phi) is 10.6. The van der Waals surface area contributed by atoms with Crippen LogP contribution in [0.3, 0.4) is 0 Å². The number of ether oxygens (including phenoxy) is 1. The van der Waals surface area contributed by atoms with Crippen molar-refractivity contribution < 1.29 is 9.53 Å². The fourth-order valence-corrected chi connectivity index (χ4v) is 2.10. The molecule has 0 saturated heterocycles. The minimum Gasteiger partial charge on any atom is -0.438 e. The summed E-state index contributed by atoms with van der Waals surface area (Å²) in [5.41, 5.74) is 0.448. The molecule has 5 nitrogen and oxygen atoms in total. The van der Waals surface area contributed by atoms with Crippen LogP contribution < -0.4 is 10.1 Å². The van der Waals surface area contributed by atoms with Gasteiger partial charge in [-0.05, 0) is 43.4 Å². The quantitative estimate of drug-likeness (QED) is 0.748. The highest BCUT2D eigenvalue weighted by atomic mass is 79.9. The van der Waals surface area contributed by atoms with E-state index in [2.05, 4.69) is 26.2 Å². The number of hydrogen-bond donors (Lipinski definition) is 1. The number of likely N-dealkylation sites (N-methyl/N-ethyl adjacent to an activating group) is 2. The molecule has 2 aromatic rings. The zero-order valence-electron chi connectivity index (χ0n) is 13.4. The molecule has 1 aromatic heterocycles. The van der Waals surface area contributed by atoms with Crippen LogP contribution in [0.2, 0.25) is 0 Å². The maximum atomic E-state index is 12.5. The third-order valence-corrected chi connectivity index (χ3v) is 3.60. The van der Waals surface area contributed by atoms with E-state index < -0.39 is 0 Å². The number of nitrogens with one attached hydrogen (secondary N) is 1. The first-order chi connectivity index (χ1) is 10.6. The summed E-state index contributed by atoms with van der Waals surface area (Å²) in [6, 6.07) is 10.8. The Balaban J connectivity index is 0.00000264. The van der Waals surface area contributed by atoms with Crippen molar-refractivity contribution in [1.82, 2.24) is 15.2 Å². The first-order valence-electron chi connectivity index (χ1n) is 6.90. The molecule has 2 rings (SSSR count). The van der Waals surface area contributed by atoms with Gasteiger partial charge in [-0.15, -0.1) is 24.8 Å². The van der Waals surface area contributed by atoms with Crippen molar-refractivity contribution >= 4 is 46.7 Å². The number of benzene rings is 1. The number of pyridine rings is 1. The van der Waals surface area contributed by atoms with Crippen molar-refractivity contribution in [3.63, 3.8) is 0 Å². The van der Waals surface area contributed by atoms with Gasteiger partial charge in [-0.1, -0.05) is 15.9 Å². The van der Waals surface area contributed by atoms with Crippen LogP contribution in [0.25, 0.3) is 0 Å². The number of rotatable bonds is 6. The van der Waals surface area contributed by atoms with Crippen LogP contribution in [-0.4, -0.2) is 43.0 Å². The number of aromatic nitrogens is 1. The van der Waals surface area contributed by atoms with Gasteiger partial charge in [0.1, 0.15) is 11.3 Å². The molecule has 0 saturated carbocycles. The van der Waals surface area contributed by atoms with Gasteiger partial charge in [0.05, 0.1) is 0 Å². The molecule has 8 heteroatoms. The summed E-state index contributed by atoms with van der Waals surface area (Å²) in [6.07, 6.45) is 1.61. The Labute approximate surface area is 162 Å². The molecule has 24 heavy (non-hydrogen) atoms. The highest BCUT2D eigenvalue weighted by Crippen LogP contribution is 2.25. The highest BCUT2D eigenvalue weighted by molar-refractivity contribution is 9.10. The molecule has 0 aliphatic rings. The maximum absolute atomic E-state index is 12.5. The van der Waals surface area contributed by atoms with Crippen LogP contribution in [0.5, 0.6) is 11.6 Å². The van der Waals surface area contributed by atoms with E-state index in [1.807, 2.05) is 31.3 Å². The van der Waals surface area contributed by atoms with Crippen LogP contribution in [0.15, 0.2) is 47.1 Å². The van der Waals surface area contributed by atoms with E-state index in [1.165, 1.54) is 0 Å². The molecule has 0 bridgehead atoms. The molecular formula is C16H20BrCl2N3O2. The summed E-state index contributed by atoms with van der Waals surface area (Å²) in [7, 11) is 3.61. The zero-order chi connectivity index (χ0) is 15.9. The third kappa shape index (κ3) is 6.28. The molecule has 0 fully saturated rings. The second-order valence-electron chi connectivity index (χ2n) is 4.74. The molecule has 0 aliphatic carbocycles. The topological polar surface area (TPSA) is 54.5 Å². The Morgan fingerprint density at radius 3 is 2.54 bits per heavy atom. The average Bonchev–Trinajstić information content (AvgIpc) is 2.54. The fraction of sp³-hybridized carbons (Fsp3) is 0.250. The van der Waals surface area contributed by atoms with Gasteiger partial charge >= 0.3 is 0 Å². The molecule has 0 unspecified atom stereocenters. The predicted molar refractivity (Wildman–Crippen MR) is 104 cm³/mol. The molecule has 1 heterocycles. The van der Waals surface area contributed by atoms with Gasteiger partial charge in [0.15, 0.2) is 0 Å². The van der Waals surface area contributed by atoms with E-state index >= 15 is 0 Å². The minimum absolute atomic E-state index is 0. The molecule has 1 amide bonds. The van der Waals surface area contributed by atoms with E-state index in [-0.39, 0.29) is 30.7 Å². The van der Waals surface area contributed by atoms with E-state index in [1.54, 1.807) is 30.3 Å². The number of halogens is 3. The van der Waals surface area contributed by atoms with Crippen LogP contribution in [0, 0.1) is 0 Å². The molecule has 0 spiro atoms. The van der Waals surface area contributed by atoms with Crippen LogP contribution in [0.4, 0.5) is 0 Å². The van der Waals surface area contributed by atoms with Crippen molar-refractivity contribution in [3.05, 3.63) is 52.6 Å². The molecular weight excluding hydrogens is 417 g/mol. The monoisotopic (exact) mass is 435 g/mol. The number of nitrogens with zero attached hydrogens (tertiary/aromatic N) is 2. The van der Waals surface area contributed by atoms with Gasteiger partial charge in [-0.2, -0.15) is 0 Å². The number of carbonyl (C=O) groups is 1. The van der Waals surface area contributed by atoms with Crippen molar-refractivity contribution in [2.24, 2.45) is 0 Å². The standard InChI is InChI=1S/C16H18BrN3O2.2ClH/c1-18-10-11-20(2)16(21)14-4-3-9-19-15(14)22-13-7-5-12(17)6-8-13;;/h3-9,18H,10-11H2,1-2H3;2*1H. The summed E-state index contributed by atoms with van der Waals surface area (Å²) in [5, 5.41) is 3.02. The summed E-state index contributed by atoms with van der Waals surface area (Å²) in [4.78, 5) is 18.3. The number of amides is 1. The summed E-state index contributed by atoms with van der Waals surface area (Å²) >= 11 is 3.37. The first kappa shape index (κ1) is 22.7. The smallest absolute Gasteiger partial charge is 0.259 e.